The zero-order valence-corrected chi connectivity index (χ0v) is 15.8. The molecule has 0 radical (unpaired) electrons. The Labute approximate surface area is 155 Å². The first kappa shape index (κ1) is 19.3. The van der Waals surface area contributed by atoms with E-state index in [2.05, 4.69) is 31.7 Å². The highest BCUT2D eigenvalue weighted by Gasteiger charge is 2.31. The Morgan fingerprint density at radius 3 is 3.07 bits per heavy atom. The number of fused-ring (bicyclic) bond motifs is 1. The molecule has 27 heavy (non-hydrogen) atoms. The molecule has 3 atom stereocenters. The smallest absolute Gasteiger partial charge is 0.352 e. The zero-order chi connectivity index (χ0) is 19.6. The Balaban J connectivity index is 1.80. The lowest BCUT2D eigenvalue weighted by molar-refractivity contribution is -0.118. The van der Waals surface area contributed by atoms with E-state index >= 15 is 0 Å². The number of nitrogens with one attached hydrogen (secondary N) is 2. The molecule has 144 valence electrons. The van der Waals surface area contributed by atoms with E-state index in [4.69, 9.17) is 9.26 Å². The number of anilines is 1. The van der Waals surface area contributed by atoms with Gasteiger partial charge in [-0.3, -0.25) is 24.5 Å². The van der Waals surface area contributed by atoms with Crippen LogP contribution in [0, 0.1) is 5.92 Å². The number of aromatic amines is 1. The third-order valence-corrected chi connectivity index (χ3v) is 4.68. The molecule has 1 unspecified atom stereocenters. The van der Waals surface area contributed by atoms with Crippen LogP contribution in [0.1, 0.15) is 32.9 Å². The molecule has 0 aromatic carbocycles. The van der Waals surface area contributed by atoms with Gasteiger partial charge in [0.15, 0.2) is 11.2 Å². The zero-order valence-electron chi connectivity index (χ0n) is 14.9. The summed E-state index contributed by atoms with van der Waals surface area (Å²) < 4.78 is 27.1. The lowest BCUT2D eigenvalue weighted by Crippen LogP contribution is -2.22. The van der Waals surface area contributed by atoms with Gasteiger partial charge in [-0.05, 0) is 17.6 Å². The van der Waals surface area contributed by atoms with Gasteiger partial charge in [0, 0.05) is 17.2 Å². The highest BCUT2D eigenvalue weighted by molar-refractivity contribution is 7.37. The molecule has 1 aliphatic rings. The highest BCUT2D eigenvalue weighted by Crippen LogP contribution is 2.32. The summed E-state index contributed by atoms with van der Waals surface area (Å²) in [6, 6.07) is 0. The second-order valence-corrected chi connectivity index (χ2v) is 7.36. The highest BCUT2D eigenvalue weighted by atomic mass is 31.1. The molecular formula is C15H20N6O5P+. The molecule has 12 heteroatoms. The van der Waals surface area contributed by atoms with Crippen LogP contribution in [0.25, 0.3) is 11.2 Å². The van der Waals surface area contributed by atoms with Crippen molar-refractivity contribution in [3.05, 3.63) is 16.7 Å². The van der Waals surface area contributed by atoms with Crippen molar-refractivity contribution in [1.29, 1.82) is 0 Å². The Morgan fingerprint density at radius 2 is 2.37 bits per heavy atom. The quantitative estimate of drug-likeness (QED) is 0.537. The minimum absolute atomic E-state index is 0.0554. The molecule has 0 saturated carbocycles. The Morgan fingerprint density at radius 1 is 1.59 bits per heavy atom. The fourth-order valence-electron chi connectivity index (χ4n) is 2.66. The molecule has 2 aromatic rings. The van der Waals surface area contributed by atoms with Gasteiger partial charge in [-0.15, -0.1) is 4.52 Å². The molecule has 0 bridgehead atoms. The standard InChI is InChI=1S/C15H19N6O5P/c1-8(2)13(22)19-15-18-12-11(14(23)20-15)17-7-21(12)10-5-4-9(26-10)6-25-27(24)16-3/h7-10H,3-6H2,1-2H3,(H-,18,19,20,22,23)/p+1/t9-,10+/m0/s1. The fourth-order valence-corrected chi connectivity index (χ4v) is 3.03. The van der Waals surface area contributed by atoms with E-state index in [0.717, 1.165) is 0 Å². The lowest BCUT2D eigenvalue weighted by Gasteiger charge is -2.14. The van der Waals surface area contributed by atoms with Crippen molar-refractivity contribution in [2.75, 3.05) is 11.9 Å². The summed E-state index contributed by atoms with van der Waals surface area (Å²) in [6.07, 6.45) is 2.11. The minimum Gasteiger partial charge on any atom is -0.352 e. The summed E-state index contributed by atoms with van der Waals surface area (Å²) in [7, 11) is -2.14. The van der Waals surface area contributed by atoms with Crippen LogP contribution >= 0.6 is 8.18 Å². The number of imidazole rings is 1. The Hall–Kier alpha value is -2.49. The van der Waals surface area contributed by atoms with Crippen LogP contribution in [0.5, 0.6) is 0 Å². The molecule has 3 rings (SSSR count). The van der Waals surface area contributed by atoms with Crippen LogP contribution < -0.4 is 10.9 Å². The van der Waals surface area contributed by atoms with Crippen LogP contribution in [0.3, 0.4) is 0 Å². The third kappa shape index (κ3) is 4.26. The van der Waals surface area contributed by atoms with Gasteiger partial charge < -0.3 is 4.74 Å². The maximum absolute atomic E-state index is 12.2. The topological polar surface area (TPSA) is 141 Å². The van der Waals surface area contributed by atoms with E-state index in [1.807, 2.05) is 0 Å². The van der Waals surface area contributed by atoms with Crippen molar-refractivity contribution in [3.63, 3.8) is 0 Å². The molecule has 2 aromatic heterocycles. The number of carbonyl (C=O) groups excluding carboxylic acids is 1. The van der Waals surface area contributed by atoms with Crippen molar-refractivity contribution < 1.29 is 18.6 Å². The number of rotatable bonds is 7. The number of ether oxygens (including phenoxy) is 1. The minimum atomic E-state index is -2.14. The molecule has 11 nitrogen and oxygen atoms in total. The van der Waals surface area contributed by atoms with Crippen LogP contribution in [-0.2, 0) is 18.6 Å². The Bertz CT molecular complexity index is 938. The van der Waals surface area contributed by atoms with E-state index in [0.29, 0.717) is 18.5 Å². The molecule has 1 saturated heterocycles. The van der Waals surface area contributed by atoms with Gasteiger partial charge in [0.05, 0.1) is 12.4 Å². The normalized spacial score (nSPS) is 20.2. The van der Waals surface area contributed by atoms with Gasteiger partial charge >= 0.3 is 8.18 Å². The van der Waals surface area contributed by atoms with Crippen molar-refractivity contribution in [1.82, 2.24) is 19.5 Å². The maximum Gasteiger partial charge on any atom is 0.668 e. The predicted octanol–water partition coefficient (Wildman–Crippen LogP) is 1.77. The summed E-state index contributed by atoms with van der Waals surface area (Å²) in [5.74, 6) is -0.464. The van der Waals surface area contributed by atoms with Crippen molar-refractivity contribution in [2.45, 2.75) is 39.0 Å². The number of carbonyl (C=O) groups is 1. The first-order valence-corrected chi connectivity index (χ1v) is 9.52. The SMILES string of the molecule is C=N[P+](=O)OC[C@@H]1CC[C@H](n2cnc3c(=O)[nH]c(NC(=O)C(C)C)nc32)O1. The number of amides is 1. The third-order valence-electron chi connectivity index (χ3n) is 4.08. The number of hydrogen-bond donors (Lipinski definition) is 2. The van der Waals surface area contributed by atoms with Gasteiger partial charge in [0.2, 0.25) is 11.9 Å². The average Bonchev–Trinajstić information content (AvgIpc) is 3.26. The first-order chi connectivity index (χ1) is 12.9. The molecule has 2 N–H and O–H groups in total. The monoisotopic (exact) mass is 395 g/mol. The lowest BCUT2D eigenvalue weighted by atomic mass is 10.2. The molecule has 3 heterocycles. The van der Waals surface area contributed by atoms with Crippen LogP contribution in [0.4, 0.5) is 5.95 Å². The van der Waals surface area contributed by atoms with E-state index in [9.17, 15) is 14.2 Å². The van der Waals surface area contributed by atoms with E-state index in [1.165, 1.54) is 6.33 Å². The van der Waals surface area contributed by atoms with Gasteiger partial charge in [-0.1, -0.05) is 13.8 Å². The van der Waals surface area contributed by atoms with Crippen LogP contribution in [0.15, 0.2) is 15.9 Å². The van der Waals surface area contributed by atoms with Crippen LogP contribution in [-0.4, -0.2) is 44.9 Å². The number of nitrogens with zero attached hydrogens (tertiary/aromatic N) is 4. The molecule has 1 aliphatic heterocycles. The summed E-state index contributed by atoms with van der Waals surface area (Å²) in [6.45, 7) is 6.76. The van der Waals surface area contributed by atoms with Gasteiger partial charge in [-0.2, -0.15) is 4.98 Å². The summed E-state index contributed by atoms with van der Waals surface area (Å²) in [4.78, 5) is 35.0. The second kappa shape index (κ2) is 8.03. The molecule has 0 aliphatic carbocycles. The van der Waals surface area contributed by atoms with Crippen LogP contribution in [0.2, 0.25) is 0 Å². The van der Waals surface area contributed by atoms with Gasteiger partial charge in [0.1, 0.15) is 12.8 Å². The number of aromatic nitrogens is 4. The second-order valence-electron chi connectivity index (χ2n) is 6.35. The predicted molar refractivity (Wildman–Crippen MR) is 97.9 cm³/mol. The summed E-state index contributed by atoms with van der Waals surface area (Å²) in [5.41, 5.74) is 0.00716. The number of hydrogen-bond acceptors (Lipinski definition) is 7. The van der Waals surface area contributed by atoms with Gasteiger partial charge in [0.25, 0.3) is 5.56 Å². The fraction of sp³-hybridized carbons (Fsp3) is 0.533. The van der Waals surface area contributed by atoms with E-state index in [1.54, 1.807) is 18.4 Å². The Kier molecular flexibility index (Phi) is 5.73. The van der Waals surface area contributed by atoms with Crippen molar-refractivity contribution in [2.24, 2.45) is 10.7 Å². The molecule has 0 spiro atoms. The summed E-state index contributed by atoms with van der Waals surface area (Å²) in [5, 5.41) is 2.57. The molecular weight excluding hydrogens is 375 g/mol. The molecule has 1 fully saturated rings. The van der Waals surface area contributed by atoms with Gasteiger partial charge in [-0.25, -0.2) is 4.98 Å². The first-order valence-electron chi connectivity index (χ1n) is 8.39. The van der Waals surface area contributed by atoms with E-state index in [-0.39, 0.29) is 36.0 Å². The largest absolute Gasteiger partial charge is 0.668 e. The average molecular weight is 395 g/mol. The summed E-state index contributed by atoms with van der Waals surface area (Å²) >= 11 is 0. The van der Waals surface area contributed by atoms with Crippen molar-refractivity contribution >= 4 is 37.9 Å². The maximum atomic E-state index is 12.2. The molecule has 1 amide bonds. The number of H-pyrrole nitrogens is 1. The van der Waals surface area contributed by atoms with E-state index < -0.39 is 20.0 Å². The van der Waals surface area contributed by atoms with Crippen molar-refractivity contribution in [3.8, 4) is 0 Å².